The second-order valence-electron chi connectivity index (χ2n) is 3.59. The van der Waals surface area contributed by atoms with E-state index in [2.05, 4.69) is 15.9 Å². The predicted molar refractivity (Wildman–Crippen MR) is 55.7 cm³/mol. The van der Waals surface area contributed by atoms with Crippen molar-refractivity contribution in [3.63, 3.8) is 0 Å². The molecule has 14 heavy (non-hydrogen) atoms. The van der Waals surface area contributed by atoms with Crippen LogP contribution < -0.4 is 10.5 Å². The molecule has 0 spiro atoms. The number of ether oxygens (including phenoxy) is 1. The molecule has 1 aromatic rings. The summed E-state index contributed by atoms with van der Waals surface area (Å²) in [7, 11) is 0. The maximum Gasteiger partial charge on any atom is 0.128 e. The van der Waals surface area contributed by atoms with Gasteiger partial charge in [0.15, 0.2) is 0 Å². The van der Waals surface area contributed by atoms with Crippen molar-refractivity contribution in [1.29, 1.82) is 0 Å². The Labute approximate surface area is 90.4 Å². The van der Waals surface area contributed by atoms with Gasteiger partial charge in [0.25, 0.3) is 0 Å². The van der Waals surface area contributed by atoms with Gasteiger partial charge in [-0.1, -0.05) is 15.9 Å². The quantitative estimate of drug-likeness (QED) is 0.906. The third-order valence-corrected chi connectivity index (χ3v) is 2.81. The molecule has 2 N–H and O–H groups in total. The highest BCUT2D eigenvalue weighted by atomic mass is 79.9. The Kier molecular flexibility index (Phi) is 2.49. The molecule has 4 heteroatoms. The highest BCUT2D eigenvalue weighted by Crippen LogP contribution is 2.39. The van der Waals surface area contributed by atoms with Gasteiger partial charge in [0, 0.05) is 17.1 Å². The molecule has 0 radical (unpaired) electrons. The third kappa shape index (κ3) is 2.07. The minimum Gasteiger partial charge on any atom is -0.486 e. The predicted octanol–water partition coefficient (Wildman–Crippen LogP) is 2.46. The lowest BCUT2D eigenvalue weighted by Gasteiger charge is -2.15. The van der Waals surface area contributed by atoms with Crippen molar-refractivity contribution < 1.29 is 9.13 Å². The second kappa shape index (κ2) is 3.51. The van der Waals surface area contributed by atoms with Gasteiger partial charge in [0.05, 0.1) is 0 Å². The minimum absolute atomic E-state index is 0.229. The Balaban J connectivity index is 2.16. The molecule has 0 aliphatic heterocycles. The van der Waals surface area contributed by atoms with Crippen molar-refractivity contribution in [2.75, 3.05) is 6.54 Å². The van der Waals surface area contributed by atoms with E-state index in [9.17, 15) is 4.39 Å². The molecule has 0 atom stereocenters. The molecule has 0 heterocycles. The molecule has 0 saturated heterocycles. The van der Waals surface area contributed by atoms with E-state index in [4.69, 9.17) is 10.5 Å². The largest absolute Gasteiger partial charge is 0.486 e. The van der Waals surface area contributed by atoms with Crippen LogP contribution in [0.5, 0.6) is 5.75 Å². The first-order chi connectivity index (χ1) is 6.63. The number of nitrogens with two attached hydrogens (primary N) is 1. The van der Waals surface area contributed by atoms with Crippen LogP contribution in [0.2, 0.25) is 0 Å². The molecule has 1 aromatic carbocycles. The smallest absolute Gasteiger partial charge is 0.128 e. The monoisotopic (exact) mass is 259 g/mol. The van der Waals surface area contributed by atoms with Crippen molar-refractivity contribution in [3.8, 4) is 5.75 Å². The van der Waals surface area contributed by atoms with E-state index in [0.717, 1.165) is 12.8 Å². The van der Waals surface area contributed by atoms with E-state index in [0.29, 0.717) is 16.8 Å². The Bertz CT molecular complexity index is 332. The summed E-state index contributed by atoms with van der Waals surface area (Å²) in [5, 5.41) is 0. The summed E-state index contributed by atoms with van der Waals surface area (Å²) < 4.78 is 19.3. The van der Waals surface area contributed by atoms with E-state index in [1.165, 1.54) is 12.1 Å². The van der Waals surface area contributed by atoms with Gasteiger partial charge in [-0.25, -0.2) is 4.39 Å². The molecule has 1 aliphatic carbocycles. The zero-order valence-corrected chi connectivity index (χ0v) is 9.18. The average Bonchev–Trinajstić information content (AvgIpc) is 2.83. The maximum atomic E-state index is 13.0. The van der Waals surface area contributed by atoms with E-state index >= 15 is 0 Å². The summed E-state index contributed by atoms with van der Waals surface area (Å²) in [6.07, 6.45) is 1.91. The normalized spacial score (nSPS) is 17.9. The van der Waals surface area contributed by atoms with Gasteiger partial charge in [0.1, 0.15) is 17.2 Å². The molecular formula is C10H11BrFNO. The molecule has 76 valence electrons. The average molecular weight is 260 g/mol. The molecule has 0 amide bonds. The van der Waals surface area contributed by atoms with Crippen LogP contribution in [0.3, 0.4) is 0 Å². The summed E-state index contributed by atoms with van der Waals surface area (Å²) in [5.74, 6) is 0.238. The van der Waals surface area contributed by atoms with Gasteiger partial charge in [-0.15, -0.1) is 0 Å². The van der Waals surface area contributed by atoms with Crippen molar-refractivity contribution in [2.24, 2.45) is 5.73 Å². The Morgan fingerprint density at radius 1 is 1.43 bits per heavy atom. The highest BCUT2D eigenvalue weighted by molar-refractivity contribution is 9.10. The van der Waals surface area contributed by atoms with Crippen molar-refractivity contribution in [2.45, 2.75) is 18.4 Å². The van der Waals surface area contributed by atoms with Crippen LogP contribution in [0.15, 0.2) is 22.7 Å². The Hall–Kier alpha value is -0.610. The van der Waals surface area contributed by atoms with Gasteiger partial charge in [-0.3, -0.25) is 0 Å². The molecule has 2 nitrogen and oxygen atoms in total. The van der Waals surface area contributed by atoms with E-state index in [-0.39, 0.29) is 11.4 Å². The molecule has 1 aliphatic rings. The second-order valence-corrected chi connectivity index (χ2v) is 4.51. The summed E-state index contributed by atoms with van der Waals surface area (Å²) in [6.45, 7) is 0.487. The van der Waals surface area contributed by atoms with Gasteiger partial charge in [-0.2, -0.15) is 0 Å². The van der Waals surface area contributed by atoms with Gasteiger partial charge >= 0.3 is 0 Å². The summed E-state index contributed by atoms with van der Waals surface area (Å²) in [4.78, 5) is 0. The van der Waals surface area contributed by atoms with Crippen LogP contribution in [0, 0.1) is 5.82 Å². The number of halogens is 2. The Morgan fingerprint density at radius 2 is 2.14 bits per heavy atom. The fourth-order valence-corrected chi connectivity index (χ4v) is 1.77. The lowest BCUT2D eigenvalue weighted by Crippen LogP contribution is -2.28. The van der Waals surface area contributed by atoms with Crippen LogP contribution in [-0.2, 0) is 0 Å². The molecule has 0 unspecified atom stereocenters. The lowest BCUT2D eigenvalue weighted by molar-refractivity contribution is 0.187. The molecule has 0 aromatic heterocycles. The number of rotatable bonds is 3. The molecule has 2 rings (SSSR count). The van der Waals surface area contributed by atoms with Crippen LogP contribution in [0.1, 0.15) is 12.8 Å². The zero-order valence-electron chi connectivity index (χ0n) is 7.59. The number of hydrogen-bond acceptors (Lipinski definition) is 2. The fourth-order valence-electron chi connectivity index (χ4n) is 1.32. The first-order valence-corrected chi connectivity index (χ1v) is 5.28. The van der Waals surface area contributed by atoms with Crippen molar-refractivity contribution in [3.05, 3.63) is 28.5 Å². The third-order valence-electron chi connectivity index (χ3n) is 2.35. The molecular weight excluding hydrogens is 249 g/mol. The summed E-state index contributed by atoms with van der Waals surface area (Å²) >= 11 is 3.21. The first-order valence-electron chi connectivity index (χ1n) is 4.49. The molecule has 1 saturated carbocycles. The summed E-state index contributed by atoms with van der Waals surface area (Å²) in [5.41, 5.74) is 5.33. The van der Waals surface area contributed by atoms with Gasteiger partial charge in [0.2, 0.25) is 0 Å². The van der Waals surface area contributed by atoms with Crippen molar-refractivity contribution >= 4 is 15.9 Å². The molecule has 1 fully saturated rings. The van der Waals surface area contributed by atoms with Crippen LogP contribution in [0.25, 0.3) is 0 Å². The lowest BCUT2D eigenvalue weighted by atomic mass is 10.3. The molecule has 0 bridgehead atoms. The SMILES string of the molecule is NCC1(Oc2cc(F)cc(Br)c2)CC1. The first kappa shape index (κ1) is 9.93. The number of hydrogen-bond donors (Lipinski definition) is 1. The van der Waals surface area contributed by atoms with E-state index in [1.54, 1.807) is 6.07 Å². The fraction of sp³-hybridized carbons (Fsp3) is 0.400. The van der Waals surface area contributed by atoms with E-state index in [1.807, 2.05) is 0 Å². The van der Waals surface area contributed by atoms with Crippen LogP contribution >= 0.6 is 15.9 Å². The summed E-state index contributed by atoms with van der Waals surface area (Å²) in [6, 6.07) is 4.52. The minimum atomic E-state index is -0.304. The Morgan fingerprint density at radius 3 is 2.64 bits per heavy atom. The topological polar surface area (TPSA) is 35.2 Å². The highest BCUT2D eigenvalue weighted by Gasteiger charge is 2.44. The number of benzene rings is 1. The standard InChI is InChI=1S/C10H11BrFNO/c11-7-3-8(12)5-9(4-7)14-10(6-13)1-2-10/h3-5H,1-2,6,13H2. The van der Waals surface area contributed by atoms with Gasteiger partial charge < -0.3 is 10.5 Å². The maximum absolute atomic E-state index is 13.0. The zero-order chi connectivity index (χ0) is 10.2. The van der Waals surface area contributed by atoms with Gasteiger partial charge in [-0.05, 0) is 25.0 Å². The van der Waals surface area contributed by atoms with E-state index < -0.39 is 0 Å². The van der Waals surface area contributed by atoms with Crippen LogP contribution in [0.4, 0.5) is 4.39 Å². The van der Waals surface area contributed by atoms with Crippen molar-refractivity contribution in [1.82, 2.24) is 0 Å². The van der Waals surface area contributed by atoms with Crippen LogP contribution in [-0.4, -0.2) is 12.1 Å².